The molecule has 1 aromatic rings. The highest BCUT2D eigenvalue weighted by Gasteiger charge is 2.07. The molecule has 1 heterocycles. The summed E-state index contributed by atoms with van der Waals surface area (Å²) in [4.78, 5) is 1.96. The lowest BCUT2D eigenvalue weighted by molar-refractivity contribution is 0.263. The molecule has 0 N–H and O–H groups in total. The van der Waals surface area contributed by atoms with Gasteiger partial charge < -0.3 is 9.32 Å². The second kappa shape index (κ2) is 4.78. The van der Waals surface area contributed by atoms with E-state index in [1.54, 1.807) is 12.1 Å². The van der Waals surface area contributed by atoms with Crippen molar-refractivity contribution in [3.63, 3.8) is 0 Å². The van der Waals surface area contributed by atoms with Crippen molar-refractivity contribution in [3.05, 3.63) is 23.7 Å². The van der Waals surface area contributed by atoms with Gasteiger partial charge in [-0.2, -0.15) is 8.42 Å². The third-order valence-electron chi connectivity index (χ3n) is 1.60. The first kappa shape index (κ1) is 12.2. The topological polar surface area (TPSA) is 59.8 Å². The smallest absolute Gasteiger partial charge is 0.264 e. The van der Waals surface area contributed by atoms with E-state index in [0.717, 1.165) is 12.0 Å². The van der Waals surface area contributed by atoms with E-state index in [1.807, 2.05) is 19.0 Å². The largest absolute Gasteiger partial charge is 0.462 e. The molecule has 86 valence electrons. The van der Waals surface area contributed by atoms with Crippen molar-refractivity contribution in [1.82, 2.24) is 4.90 Å². The molecule has 0 aliphatic carbocycles. The Balaban J connectivity index is 2.53. The molecule has 0 radical (unpaired) electrons. The minimum Gasteiger partial charge on any atom is -0.462 e. The highest BCUT2D eigenvalue weighted by Crippen LogP contribution is 2.11. The van der Waals surface area contributed by atoms with Crippen LogP contribution < -0.4 is 0 Å². The Morgan fingerprint density at radius 3 is 2.47 bits per heavy atom. The Hall–Kier alpha value is -0.850. The van der Waals surface area contributed by atoms with Crippen LogP contribution in [0.3, 0.4) is 0 Å². The van der Waals surface area contributed by atoms with Crippen LogP contribution >= 0.6 is 0 Å². The van der Waals surface area contributed by atoms with Crippen LogP contribution in [0.25, 0.3) is 0 Å². The predicted octanol–water partition coefficient (Wildman–Crippen LogP) is 0.817. The third-order valence-corrected chi connectivity index (χ3v) is 2.15. The summed E-state index contributed by atoms with van der Waals surface area (Å²) in [6.07, 6.45) is 1.01. The van der Waals surface area contributed by atoms with E-state index in [9.17, 15) is 8.42 Å². The molecule has 0 unspecified atom stereocenters. The van der Waals surface area contributed by atoms with Crippen molar-refractivity contribution in [2.75, 3.05) is 20.4 Å². The van der Waals surface area contributed by atoms with Gasteiger partial charge in [-0.1, -0.05) is 0 Å². The van der Waals surface area contributed by atoms with E-state index >= 15 is 0 Å². The van der Waals surface area contributed by atoms with Crippen molar-refractivity contribution in [3.8, 4) is 0 Å². The van der Waals surface area contributed by atoms with Crippen molar-refractivity contribution in [2.45, 2.75) is 13.2 Å². The zero-order valence-electron chi connectivity index (χ0n) is 9.06. The normalized spacial score (nSPS) is 12.3. The first-order valence-corrected chi connectivity index (χ1v) is 6.25. The second-order valence-electron chi connectivity index (χ2n) is 3.57. The zero-order valence-corrected chi connectivity index (χ0v) is 9.87. The molecule has 15 heavy (non-hydrogen) atoms. The Bertz CT molecular complexity index is 408. The van der Waals surface area contributed by atoms with E-state index in [-0.39, 0.29) is 6.61 Å². The number of nitrogens with zero attached hydrogens (tertiary/aromatic N) is 1. The minimum absolute atomic E-state index is 0.0493. The van der Waals surface area contributed by atoms with Crippen molar-refractivity contribution in [2.24, 2.45) is 0 Å². The average Bonchev–Trinajstić information content (AvgIpc) is 2.46. The van der Waals surface area contributed by atoms with Crippen molar-refractivity contribution >= 4 is 10.1 Å². The van der Waals surface area contributed by atoms with Gasteiger partial charge in [0.2, 0.25) is 0 Å². The van der Waals surface area contributed by atoms with Crippen LogP contribution in [-0.2, 0) is 27.5 Å². The molecule has 0 atom stereocenters. The van der Waals surface area contributed by atoms with Gasteiger partial charge in [0.15, 0.2) is 0 Å². The molecule has 0 amide bonds. The molecule has 0 saturated carbocycles. The van der Waals surface area contributed by atoms with E-state index in [1.165, 1.54) is 0 Å². The molecule has 0 aliphatic rings. The molecule has 1 rings (SSSR count). The van der Waals surface area contributed by atoms with E-state index in [0.29, 0.717) is 12.3 Å². The monoisotopic (exact) mass is 233 g/mol. The van der Waals surface area contributed by atoms with Gasteiger partial charge in [-0.3, -0.25) is 4.18 Å². The molecule has 0 aromatic carbocycles. The lowest BCUT2D eigenvalue weighted by Crippen LogP contribution is -2.09. The van der Waals surface area contributed by atoms with Gasteiger partial charge in [-0.05, 0) is 26.2 Å². The van der Waals surface area contributed by atoms with Crippen molar-refractivity contribution < 1.29 is 17.0 Å². The highest BCUT2D eigenvalue weighted by molar-refractivity contribution is 7.85. The molecule has 0 aliphatic heterocycles. The predicted molar refractivity (Wildman–Crippen MR) is 55.7 cm³/mol. The van der Waals surface area contributed by atoms with Gasteiger partial charge in [-0.25, -0.2) is 0 Å². The van der Waals surface area contributed by atoms with Gasteiger partial charge in [0.25, 0.3) is 10.1 Å². The summed E-state index contributed by atoms with van der Waals surface area (Å²) in [6, 6.07) is 3.52. The summed E-state index contributed by atoms with van der Waals surface area (Å²) in [7, 11) is 0.445. The second-order valence-corrected chi connectivity index (χ2v) is 5.22. The van der Waals surface area contributed by atoms with E-state index in [2.05, 4.69) is 4.18 Å². The van der Waals surface area contributed by atoms with Gasteiger partial charge in [0, 0.05) is 0 Å². The van der Waals surface area contributed by atoms with Crippen LogP contribution in [0.1, 0.15) is 11.5 Å². The molecule has 0 fully saturated rings. The minimum atomic E-state index is -3.41. The maximum atomic E-state index is 10.7. The quantitative estimate of drug-likeness (QED) is 0.705. The first-order valence-electron chi connectivity index (χ1n) is 4.43. The van der Waals surface area contributed by atoms with Crippen LogP contribution in [0.2, 0.25) is 0 Å². The molecular weight excluding hydrogens is 218 g/mol. The lowest BCUT2D eigenvalue weighted by atomic mass is 10.4. The fourth-order valence-corrected chi connectivity index (χ4v) is 1.39. The summed E-state index contributed by atoms with van der Waals surface area (Å²) < 4.78 is 31.4. The molecular formula is C9H15NO4S. The molecule has 0 saturated heterocycles. The van der Waals surface area contributed by atoms with Crippen molar-refractivity contribution in [1.29, 1.82) is 0 Å². The standard InChI is InChI=1S/C9H15NO4S/c1-10(2)6-8-4-5-9(14-8)7-13-15(3,11)12/h4-5H,6-7H2,1-3H3. The van der Waals surface area contributed by atoms with Gasteiger partial charge in [0.05, 0.1) is 12.8 Å². The number of hydrogen-bond donors (Lipinski definition) is 0. The number of rotatable bonds is 5. The Morgan fingerprint density at radius 1 is 1.33 bits per heavy atom. The average molecular weight is 233 g/mol. The summed E-state index contributed by atoms with van der Waals surface area (Å²) in [5, 5.41) is 0. The van der Waals surface area contributed by atoms with Gasteiger partial charge >= 0.3 is 0 Å². The van der Waals surface area contributed by atoms with Crippen LogP contribution in [0, 0.1) is 0 Å². The summed E-state index contributed by atoms with van der Waals surface area (Å²) in [6.45, 7) is 0.630. The molecule has 0 bridgehead atoms. The molecule has 0 spiro atoms. The number of furan rings is 1. The van der Waals surface area contributed by atoms with Crippen LogP contribution in [0.5, 0.6) is 0 Å². The molecule has 1 aromatic heterocycles. The highest BCUT2D eigenvalue weighted by atomic mass is 32.2. The third kappa shape index (κ3) is 4.96. The maximum Gasteiger partial charge on any atom is 0.264 e. The Morgan fingerprint density at radius 2 is 1.93 bits per heavy atom. The maximum absolute atomic E-state index is 10.7. The molecule has 5 nitrogen and oxygen atoms in total. The lowest BCUT2D eigenvalue weighted by Gasteiger charge is -2.05. The van der Waals surface area contributed by atoms with Crippen LogP contribution in [0.4, 0.5) is 0 Å². The fourth-order valence-electron chi connectivity index (χ4n) is 1.06. The molecule has 6 heteroatoms. The van der Waals surface area contributed by atoms with E-state index in [4.69, 9.17) is 4.42 Å². The fraction of sp³-hybridized carbons (Fsp3) is 0.556. The summed E-state index contributed by atoms with van der Waals surface area (Å²) >= 11 is 0. The van der Waals surface area contributed by atoms with Gasteiger partial charge in [0.1, 0.15) is 18.1 Å². The Kier molecular flexibility index (Phi) is 3.90. The Labute approximate surface area is 89.8 Å². The van der Waals surface area contributed by atoms with Gasteiger partial charge in [-0.15, -0.1) is 0 Å². The summed E-state index contributed by atoms with van der Waals surface area (Å²) in [5.41, 5.74) is 0. The van der Waals surface area contributed by atoms with Crippen LogP contribution in [0.15, 0.2) is 16.5 Å². The SMILES string of the molecule is CN(C)Cc1ccc(COS(C)(=O)=O)o1. The first-order chi connectivity index (χ1) is 6.87. The zero-order chi connectivity index (χ0) is 11.5. The van der Waals surface area contributed by atoms with E-state index < -0.39 is 10.1 Å². The summed E-state index contributed by atoms with van der Waals surface area (Å²) in [5.74, 6) is 1.30. The van der Waals surface area contributed by atoms with Crippen LogP contribution in [-0.4, -0.2) is 33.7 Å². The number of hydrogen-bond acceptors (Lipinski definition) is 5.